The fourth-order valence-corrected chi connectivity index (χ4v) is 1.99. The molecule has 1 aromatic rings. The van der Waals surface area contributed by atoms with Crippen LogP contribution in [-0.2, 0) is 9.59 Å². The van der Waals surface area contributed by atoms with E-state index < -0.39 is 0 Å². The number of carbonyl (C=O) groups is 2. The number of benzene rings is 1. The lowest BCUT2D eigenvalue weighted by Gasteiger charge is -2.23. The minimum atomic E-state index is -0.243. The summed E-state index contributed by atoms with van der Waals surface area (Å²) in [6.45, 7) is 1.84. The number of ether oxygens (including phenoxy) is 1. The standard InChI is InChI=1S/C13H14O3/c1-2-10(14)7-9-8-13(15)16-12-6-4-3-5-11(9)12/h3-6,9H,2,7-8H2,1H3. The number of carbonyl (C=O) groups excluding carboxylic acids is 2. The van der Waals surface area contributed by atoms with Gasteiger partial charge in [-0.15, -0.1) is 0 Å². The summed E-state index contributed by atoms with van der Waals surface area (Å²) in [5.41, 5.74) is 0.976. The van der Waals surface area contributed by atoms with Gasteiger partial charge in [0.25, 0.3) is 0 Å². The van der Waals surface area contributed by atoms with Crippen LogP contribution in [0.15, 0.2) is 24.3 Å². The van der Waals surface area contributed by atoms with Crippen LogP contribution in [0, 0.1) is 0 Å². The molecule has 3 heteroatoms. The molecule has 0 aliphatic carbocycles. The Labute approximate surface area is 94.4 Å². The molecule has 0 saturated heterocycles. The van der Waals surface area contributed by atoms with Gasteiger partial charge in [-0.3, -0.25) is 9.59 Å². The van der Waals surface area contributed by atoms with Crippen molar-refractivity contribution in [1.29, 1.82) is 0 Å². The highest BCUT2D eigenvalue weighted by Crippen LogP contribution is 2.36. The van der Waals surface area contributed by atoms with E-state index in [-0.39, 0.29) is 17.7 Å². The van der Waals surface area contributed by atoms with Gasteiger partial charge in [-0.1, -0.05) is 25.1 Å². The van der Waals surface area contributed by atoms with Crippen LogP contribution in [0.4, 0.5) is 0 Å². The van der Waals surface area contributed by atoms with Gasteiger partial charge in [0.1, 0.15) is 11.5 Å². The maximum atomic E-state index is 11.4. The second-order valence-corrected chi connectivity index (χ2v) is 4.01. The molecule has 2 rings (SSSR count). The van der Waals surface area contributed by atoms with E-state index >= 15 is 0 Å². The Bertz CT molecular complexity index is 423. The third-order valence-corrected chi connectivity index (χ3v) is 2.86. The van der Waals surface area contributed by atoms with Crippen LogP contribution < -0.4 is 4.74 Å². The molecule has 0 fully saturated rings. The molecular formula is C13H14O3. The summed E-state index contributed by atoms with van der Waals surface area (Å²) < 4.78 is 5.13. The molecule has 0 saturated carbocycles. The molecule has 3 nitrogen and oxygen atoms in total. The van der Waals surface area contributed by atoms with Crippen molar-refractivity contribution in [2.24, 2.45) is 0 Å². The van der Waals surface area contributed by atoms with Crippen molar-refractivity contribution in [2.75, 3.05) is 0 Å². The SMILES string of the molecule is CCC(=O)CC1CC(=O)Oc2ccccc21. The van der Waals surface area contributed by atoms with Gasteiger partial charge in [-0.05, 0) is 11.6 Å². The van der Waals surface area contributed by atoms with Crippen LogP contribution in [0.5, 0.6) is 5.75 Å². The van der Waals surface area contributed by atoms with Crippen molar-refractivity contribution in [2.45, 2.75) is 32.1 Å². The first-order chi connectivity index (χ1) is 7.70. The predicted molar refractivity (Wildman–Crippen MR) is 59.4 cm³/mol. The molecule has 0 radical (unpaired) electrons. The van der Waals surface area contributed by atoms with Crippen molar-refractivity contribution < 1.29 is 14.3 Å². The van der Waals surface area contributed by atoms with Gasteiger partial charge in [0, 0.05) is 18.8 Å². The Morgan fingerprint density at radius 2 is 2.19 bits per heavy atom. The maximum Gasteiger partial charge on any atom is 0.311 e. The zero-order chi connectivity index (χ0) is 11.5. The van der Waals surface area contributed by atoms with E-state index in [1.54, 1.807) is 6.07 Å². The van der Waals surface area contributed by atoms with Gasteiger partial charge in [-0.2, -0.15) is 0 Å². The highest BCUT2D eigenvalue weighted by atomic mass is 16.5. The van der Waals surface area contributed by atoms with E-state index in [1.165, 1.54) is 0 Å². The normalized spacial score (nSPS) is 18.8. The van der Waals surface area contributed by atoms with Gasteiger partial charge < -0.3 is 4.74 Å². The Morgan fingerprint density at radius 3 is 2.94 bits per heavy atom. The van der Waals surface area contributed by atoms with Crippen molar-refractivity contribution in [3.05, 3.63) is 29.8 Å². The molecule has 0 amide bonds. The van der Waals surface area contributed by atoms with Crippen LogP contribution in [0.25, 0.3) is 0 Å². The van der Waals surface area contributed by atoms with E-state index in [9.17, 15) is 9.59 Å². The monoisotopic (exact) mass is 218 g/mol. The lowest BCUT2D eigenvalue weighted by atomic mass is 9.88. The lowest BCUT2D eigenvalue weighted by Crippen LogP contribution is -2.21. The third-order valence-electron chi connectivity index (χ3n) is 2.86. The summed E-state index contributed by atoms with van der Waals surface area (Å²) in [6.07, 6.45) is 1.26. The molecule has 0 N–H and O–H groups in total. The summed E-state index contributed by atoms with van der Waals surface area (Å²) >= 11 is 0. The largest absolute Gasteiger partial charge is 0.426 e. The first-order valence-corrected chi connectivity index (χ1v) is 5.52. The second kappa shape index (κ2) is 4.47. The second-order valence-electron chi connectivity index (χ2n) is 4.01. The van der Waals surface area contributed by atoms with Gasteiger partial charge >= 0.3 is 5.97 Å². The van der Waals surface area contributed by atoms with Crippen LogP contribution in [0.3, 0.4) is 0 Å². The Hall–Kier alpha value is -1.64. The molecule has 0 aromatic heterocycles. The Morgan fingerprint density at radius 1 is 1.44 bits per heavy atom. The summed E-state index contributed by atoms with van der Waals surface area (Å²) in [6, 6.07) is 7.43. The predicted octanol–water partition coefficient (Wildman–Crippen LogP) is 2.45. The Balaban J connectivity index is 2.26. The van der Waals surface area contributed by atoms with Crippen molar-refractivity contribution in [1.82, 2.24) is 0 Å². The van der Waals surface area contributed by atoms with Crippen molar-refractivity contribution in [3.63, 3.8) is 0 Å². The highest BCUT2D eigenvalue weighted by Gasteiger charge is 2.27. The Kier molecular flexibility index (Phi) is 3.04. The molecule has 1 aliphatic heterocycles. The first kappa shape index (κ1) is 10.9. The van der Waals surface area contributed by atoms with E-state index in [4.69, 9.17) is 4.74 Å². The average molecular weight is 218 g/mol. The van der Waals surface area contributed by atoms with E-state index in [2.05, 4.69) is 0 Å². The summed E-state index contributed by atoms with van der Waals surface area (Å²) in [4.78, 5) is 22.8. The van der Waals surface area contributed by atoms with Gasteiger partial charge in [-0.25, -0.2) is 0 Å². The molecule has 0 spiro atoms. The number of rotatable bonds is 3. The van der Waals surface area contributed by atoms with E-state index in [1.807, 2.05) is 25.1 Å². The summed E-state index contributed by atoms with van der Waals surface area (Å²) in [7, 11) is 0. The number of hydrogen-bond donors (Lipinski definition) is 0. The van der Waals surface area contributed by atoms with Crippen molar-refractivity contribution in [3.8, 4) is 5.75 Å². The molecular weight excluding hydrogens is 204 g/mol. The number of para-hydroxylation sites is 1. The topological polar surface area (TPSA) is 43.4 Å². The fourth-order valence-electron chi connectivity index (χ4n) is 1.99. The van der Waals surface area contributed by atoms with Crippen LogP contribution in [0.1, 0.15) is 37.7 Å². The molecule has 1 heterocycles. The van der Waals surface area contributed by atoms with Gasteiger partial charge in [0.05, 0.1) is 6.42 Å². The molecule has 0 bridgehead atoms. The molecule has 84 valence electrons. The quantitative estimate of drug-likeness (QED) is 0.578. The smallest absolute Gasteiger partial charge is 0.311 e. The van der Waals surface area contributed by atoms with E-state index in [0.717, 1.165) is 5.56 Å². The molecule has 1 aliphatic rings. The van der Waals surface area contributed by atoms with Gasteiger partial charge in [0.15, 0.2) is 0 Å². The first-order valence-electron chi connectivity index (χ1n) is 5.52. The fraction of sp³-hybridized carbons (Fsp3) is 0.385. The molecule has 1 atom stereocenters. The minimum absolute atomic E-state index is 0.00935. The van der Waals surface area contributed by atoms with Crippen molar-refractivity contribution >= 4 is 11.8 Å². The lowest BCUT2D eigenvalue weighted by molar-refractivity contribution is -0.136. The zero-order valence-electron chi connectivity index (χ0n) is 9.23. The van der Waals surface area contributed by atoms with Crippen LogP contribution >= 0.6 is 0 Å². The number of Topliss-reactive ketones (excluding diaryl/α,β-unsaturated/α-hetero) is 1. The molecule has 1 aromatic carbocycles. The number of ketones is 1. The van der Waals surface area contributed by atoms with Gasteiger partial charge in [0.2, 0.25) is 0 Å². The highest BCUT2D eigenvalue weighted by molar-refractivity contribution is 5.82. The summed E-state index contributed by atoms with van der Waals surface area (Å²) in [5.74, 6) is 0.541. The number of hydrogen-bond acceptors (Lipinski definition) is 3. The number of esters is 1. The van der Waals surface area contributed by atoms with E-state index in [0.29, 0.717) is 25.0 Å². The minimum Gasteiger partial charge on any atom is -0.426 e. The maximum absolute atomic E-state index is 11.4. The number of fused-ring (bicyclic) bond motifs is 1. The summed E-state index contributed by atoms with van der Waals surface area (Å²) in [5, 5.41) is 0. The molecule has 1 unspecified atom stereocenters. The average Bonchev–Trinajstić information content (AvgIpc) is 2.28. The molecule has 16 heavy (non-hydrogen) atoms. The zero-order valence-corrected chi connectivity index (χ0v) is 9.23. The van der Waals surface area contributed by atoms with Crippen LogP contribution in [0.2, 0.25) is 0 Å². The van der Waals surface area contributed by atoms with Crippen LogP contribution in [-0.4, -0.2) is 11.8 Å². The third kappa shape index (κ3) is 2.13.